The number of H-pyrrole nitrogens is 1. The van der Waals surface area contributed by atoms with Crippen LogP contribution in [0.1, 0.15) is 31.0 Å². The highest BCUT2D eigenvalue weighted by molar-refractivity contribution is 5.80. The molecule has 0 saturated carbocycles. The van der Waals surface area contributed by atoms with Gasteiger partial charge in [0, 0.05) is 29.9 Å². The maximum atomic E-state index is 4.71. The van der Waals surface area contributed by atoms with Gasteiger partial charge in [0.1, 0.15) is 5.82 Å². The summed E-state index contributed by atoms with van der Waals surface area (Å²) in [6.07, 6.45) is 5.04. The predicted molar refractivity (Wildman–Crippen MR) is 124 cm³/mol. The highest BCUT2D eigenvalue weighted by Crippen LogP contribution is 2.29. The van der Waals surface area contributed by atoms with E-state index in [1.54, 1.807) is 6.20 Å². The zero-order chi connectivity index (χ0) is 21.8. The van der Waals surface area contributed by atoms with E-state index in [2.05, 4.69) is 74.4 Å². The molecule has 3 aromatic heterocycles. The summed E-state index contributed by atoms with van der Waals surface area (Å²) in [5, 5.41) is 22.2. The van der Waals surface area contributed by atoms with Crippen LogP contribution in [0.25, 0.3) is 28.2 Å². The first kappa shape index (κ1) is 19.9. The van der Waals surface area contributed by atoms with Crippen molar-refractivity contribution in [3.63, 3.8) is 0 Å². The molecule has 160 valence electrons. The minimum absolute atomic E-state index is 0.658. The lowest BCUT2D eigenvalue weighted by Crippen LogP contribution is -2.07. The van der Waals surface area contributed by atoms with Crippen molar-refractivity contribution >= 4 is 11.5 Å². The van der Waals surface area contributed by atoms with Crippen molar-refractivity contribution in [2.75, 3.05) is 5.32 Å². The molecule has 0 amide bonds. The fourth-order valence-corrected chi connectivity index (χ4v) is 3.79. The van der Waals surface area contributed by atoms with Crippen LogP contribution in [0.15, 0.2) is 66.9 Å². The van der Waals surface area contributed by atoms with Crippen molar-refractivity contribution in [3.8, 4) is 22.5 Å². The molecule has 2 aromatic carbocycles. The number of aromatic nitrogens is 7. The molecule has 0 unspecified atom stereocenters. The molecule has 0 atom stereocenters. The summed E-state index contributed by atoms with van der Waals surface area (Å²) in [6, 6.07) is 20.7. The van der Waals surface area contributed by atoms with E-state index in [0.29, 0.717) is 12.4 Å². The Balaban J connectivity index is 1.35. The van der Waals surface area contributed by atoms with Gasteiger partial charge < -0.3 is 5.32 Å². The first-order chi connectivity index (χ1) is 15.8. The average molecular weight is 425 g/mol. The number of rotatable bonds is 8. The van der Waals surface area contributed by atoms with E-state index >= 15 is 0 Å². The standard InChI is InChI=1S/C24H24N8/c1-2-3-6-19-15-23(32-22(27-19)13-14-26-32)25-16-17-9-11-18(12-10-17)20-7-4-5-8-21(20)24-28-30-31-29-24/h4-5,7-15,25H,2-3,6,16H2,1H3,(H,28,29,30,31). The van der Waals surface area contributed by atoms with Crippen LogP contribution in [0, 0.1) is 0 Å². The molecule has 2 N–H and O–H groups in total. The second kappa shape index (κ2) is 8.97. The minimum atomic E-state index is 0.658. The second-order valence-corrected chi connectivity index (χ2v) is 7.68. The van der Waals surface area contributed by atoms with E-state index in [1.807, 2.05) is 28.8 Å². The van der Waals surface area contributed by atoms with E-state index in [1.165, 1.54) is 5.56 Å². The Bertz CT molecular complexity index is 1310. The third kappa shape index (κ3) is 4.07. The van der Waals surface area contributed by atoms with Crippen molar-refractivity contribution < 1.29 is 0 Å². The van der Waals surface area contributed by atoms with Crippen molar-refractivity contribution in [2.45, 2.75) is 32.7 Å². The summed E-state index contributed by atoms with van der Waals surface area (Å²) < 4.78 is 1.85. The number of anilines is 1. The number of hydrogen-bond donors (Lipinski definition) is 2. The molecule has 0 spiro atoms. The third-order valence-corrected chi connectivity index (χ3v) is 5.46. The molecule has 0 saturated heterocycles. The van der Waals surface area contributed by atoms with Crippen LogP contribution >= 0.6 is 0 Å². The summed E-state index contributed by atoms with van der Waals surface area (Å²) in [5.74, 6) is 1.62. The zero-order valence-electron chi connectivity index (χ0n) is 17.9. The van der Waals surface area contributed by atoms with Crippen LogP contribution < -0.4 is 5.32 Å². The molecule has 5 aromatic rings. The Labute approximate surface area is 185 Å². The molecule has 0 aliphatic carbocycles. The number of nitrogens with one attached hydrogen (secondary N) is 2. The molecular weight excluding hydrogens is 400 g/mol. The number of hydrogen-bond acceptors (Lipinski definition) is 6. The van der Waals surface area contributed by atoms with Gasteiger partial charge in [-0.3, -0.25) is 0 Å². The van der Waals surface area contributed by atoms with Crippen LogP contribution in [0.2, 0.25) is 0 Å². The molecule has 8 nitrogen and oxygen atoms in total. The monoisotopic (exact) mass is 424 g/mol. The highest BCUT2D eigenvalue weighted by atomic mass is 15.5. The summed E-state index contributed by atoms with van der Waals surface area (Å²) >= 11 is 0. The van der Waals surface area contributed by atoms with Gasteiger partial charge >= 0.3 is 0 Å². The second-order valence-electron chi connectivity index (χ2n) is 7.68. The fourth-order valence-electron chi connectivity index (χ4n) is 3.79. The predicted octanol–water partition coefficient (Wildman–Crippen LogP) is 4.53. The average Bonchev–Trinajstić information content (AvgIpc) is 3.54. The van der Waals surface area contributed by atoms with Gasteiger partial charge in [-0.25, -0.2) is 10.1 Å². The Kier molecular flexibility index (Phi) is 5.57. The summed E-state index contributed by atoms with van der Waals surface area (Å²) in [7, 11) is 0. The normalized spacial score (nSPS) is 11.2. The van der Waals surface area contributed by atoms with E-state index in [-0.39, 0.29) is 0 Å². The quantitative estimate of drug-likeness (QED) is 0.380. The SMILES string of the molecule is CCCCc1cc(NCc2ccc(-c3ccccc3-c3nnn[nH]3)cc2)n2nccc2n1. The largest absolute Gasteiger partial charge is 0.366 e. The smallest absolute Gasteiger partial charge is 0.180 e. The van der Waals surface area contributed by atoms with Gasteiger partial charge in [-0.15, -0.1) is 5.10 Å². The number of fused-ring (bicyclic) bond motifs is 1. The van der Waals surface area contributed by atoms with Crippen LogP contribution in [0.5, 0.6) is 0 Å². The van der Waals surface area contributed by atoms with Crippen molar-refractivity contribution in [3.05, 3.63) is 78.1 Å². The number of benzene rings is 2. The molecule has 0 bridgehead atoms. The van der Waals surface area contributed by atoms with E-state index in [0.717, 1.165) is 53.1 Å². The van der Waals surface area contributed by atoms with Gasteiger partial charge in [-0.1, -0.05) is 61.9 Å². The number of unbranched alkanes of at least 4 members (excludes halogenated alkanes) is 1. The molecule has 8 heteroatoms. The maximum absolute atomic E-state index is 4.71. The van der Waals surface area contributed by atoms with Gasteiger partial charge in [-0.2, -0.15) is 9.61 Å². The number of tetrazole rings is 1. The lowest BCUT2D eigenvalue weighted by atomic mass is 9.98. The first-order valence-corrected chi connectivity index (χ1v) is 10.8. The van der Waals surface area contributed by atoms with Gasteiger partial charge in [0.15, 0.2) is 11.5 Å². The van der Waals surface area contributed by atoms with Crippen LogP contribution in [0.4, 0.5) is 5.82 Å². The summed E-state index contributed by atoms with van der Waals surface area (Å²) in [4.78, 5) is 4.71. The molecule has 32 heavy (non-hydrogen) atoms. The number of aryl methyl sites for hydroxylation is 1. The Morgan fingerprint density at radius 3 is 2.62 bits per heavy atom. The lowest BCUT2D eigenvalue weighted by Gasteiger charge is -2.12. The topological polar surface area (TPSA) is 96.7 Å². The molecule has 0 aliphatic rings. The van der Waals surface area contributed by atoms with E-state index in [4.69, 9.17) is 4.98 Å². The Morgan fingerprint density at radius 2 is 1.84 bits per heavy atom. The minimum Gasteiger partial charge on any atom is -0.366 e. The molecule has 5 rings (SSSR count). The lowest BCUT2D eigenvalue weighted by molar-refractivity contribution is 0.772. The Morgan fingerprint density at radius 1 is 1.00 bits per heavy atom. The third-order valence-electron chi connectivity index (χ3n) is 5.46. The number of aromatic amines is 1. The molecular formula is C24H24N8. The zero-order valence-corrected chi connectivity index (χ0v) is 17.9. The van der Waals surface area contributed by atoms with Crippen molar-refractivity contribution in [2.24, 2.45) is 0 Å². The fraction of sp³-hybridized carbons (Fsp3) is 0.208. The van der Waals surface area contributed by atoms with Crippen LogP contribution in [-0.4, -0.2) is 35.2 Å². The molecule has 0 aliphatic heterocycles. The van der Waals surface area contributed by atoms with Gasteiger partial charge in [0.05, 0.1) is 6.20 Å². The molecule has 3 heterocycles. The number of nitrogens with zero attached hydrogens (tertiary/aromatic N) is 6. The van der Waals surface area contributed by atoms with Crippen molar-refractivity contribution in [1.29, 1.82) is 0 Å². The summed E-state index contributed by atoms with van der Waals surface area (Å²) in [6.45, 7) is 2.89. The molecule has 0 fully saturated rings. The highest BCUT2D eigenvalue weighted by Gasteiger charge is 2.10. The van der Waals surface area contributed by atoms with Crippen molar-refractivity contribution in [1.82, 2.24) is 35.2 Å². The van der Waals surface area contributed by atoms with E-state index < -0.39 is 0 Å². The molecule has 0 radical (unpaired) electrons. The summed E-state index contributed by atoms with van der Waals surface area (Å²) in [5.41, 5.74) is 6.31. The van der Waals surface area contributed by atoms with Gasteiger partial charge in [0.25, 0.3) is 0 Å². The van der Waals surface area contributed by atoms with Gasteiger partial charge in [0.2, 0.25) is 0 Å². The van der Waals surface area contributed by atoms with Crippen LogP contribution in [-0.2, 0) is 13.0 Å². The van der Waals surface area contributed by atoms with Crippen LogP contribution in [0.3, 0.4) is 0 Å². The first-order valence-electron chi connectivity index (χ1n) is 10.8. The van der Waals surface area contributed by atoms with Gasteiger partial charge in [-0.05, 0) is 40.0 Å². The van der Waals surface area contributed by atoms with E-state index in [9.17, 15) is 0 Å². The Hall–Kier alpha value is -4.07. The maximum Gasteiger partial charge on any atom is 0.180 e.